The van der Waals surface area contributed by atoms with Crippen LogP contribution in [-0.2, 0) is 0 Å². The molecule has 1 heterocycles. The molecule has 3 nitrogen and oxygen atoms in total. The first-order valence-corrected chi connectivity index (χ1v) is 6.51. The van der Waals surface area contributed by atoms with Crippen molar-refractivity contribution in [2.45, 2.75) is 0 Å². The molecule has 3 heteroatoms. The summed E-state index contributed by atoms with van der Waals surface area (Å²) in [5.41, 5.74) is 3.00. The lowest BCUT2D eigenvalue weighted by Crippen LogP contribution is -1.99. The van der Waals surface area contributed by atoms with E-state index in [1.165, 1.54) is 0 Å². The minimum atomic E-state index is 0.808. The summed E-state index contributed by atoms with van der Waals surface area (Å²) in [4.78, 5) is 4.40. The normalized spacial score (nSPS) is 10.0. The van der Waals surface area contributed by atoms with E-state index in [1.54, 1.807) is 6.20 Å². The minimum Gasteiger partial charge on any atom is -0.353 e. The summed E-state index contributed by atoms with van der Waals surface area (Å²) in [6.07, 6.45) is 1.78. The maximum absolute atomic E-state index is 4.40. The van der Waals surface area contributed by atoms with Crippen LogP contribution in [0.5, 0.6) is 0 Å². The second-order valence-electron chi connectivity index (χ2n) is 4.38. The van der Waals surface area contributed by atoms with E-state index in [1.807, 2.05) is 72.8 Å². The lowest BCUT2D eigenvalue weighted by molar-refractivity contribution is 1.30. The maximum atomic E-state index is 4.40. The number of para-hydroxylation sites is 2. The molecule has 0 unspecified atom stereocenters. The summed E-state index contributed by atoms with van der Waals surface area (Å²) < 4.78 is 0. The third-order valence-corrected chi connectivity index (χ3v) is 2.90. The highest BCUT2D eigenvalue weighted by Crippen LogP contribution is 2.25. The Morgan fingerprint density at radius 1 is 0.600 bits per heavy atom. The van der Waals surface area contributed by atoms with Crippen LogP contribution in [0, 0.1) is 0 Å². The van der Waals surface area contributed by atoms with Gasteiger partial charge in [-0.25, -0.2) is 4.98 Å². The molecule has 0 atom stereocenters. The molecular weight excluding hydrogens is 246 g/mol. The van der Waals surface area contributed by atoms with Crippen LogP contribution >= 0.6 is 0 Å². The van der Waals surface area contributed by atoms with Crippen molar-refractivity contribution in [1.29, 1.82) is 0 Å². The van der Waals surface area contributed by atoms with Gasteiger partial charge in [0.15, 0.2) is 5.82 Å². The molecule has 98 valence electrons. The fraction of sp³-hybridized carbons (Fsp3) is 0. The van der Waals surface area contributed by atoms with E-state index in [9.17, 15) is 0 Å². The van der Waals surface area contributed by atoms with Crippen molar-refractivity contribution >= 4 is 22.9 Å². The van der Waals surface area contributed by atoms with Gasteiger partial charge in [0.1, 0.15) is 0 Å². The fourth-order valence-electron chi connectivity index (χ4n) is 1.94. The number of nitrogens with zero attached hydrogens (tertiary/aromatic N) is 1. The van der Waals surface area contributed by atoms with Crippen molar-refractivity contribution in [2.24, 2.45) is 0 Å². The van der Waals surface area contributed by atoms with Gasteiger partial charge in [0, 0.05) is 17.6 Å². The first kappa shape index (κ1) is 12.2. The highest BCUT2D eigenvalue weighted by atomic mass is 15.0. The van der Waals surface area contributed by atoms with Crippen molar-refractivity contribution < 1.29 is 0 Å². The van der Waals surface area contributed by atoms with Crippen LogP contribution < -0.4 is 10.6 Å². The first-order valence-electron chi connectivity index (χ1n) is 6.51. The van der Waals surface area contributed by atoms with Crippen molar-refractivity contribution in [2.75, 3.05) is 10.6 Å². The first-order chi connectivity index (χ1) is 9.92. The Labute approximate surface area is 118 Å². The summed E-state index contributed by atoms with van der Waals surface area (Å²) in [5.74, 6) is 0.808. The van der Waals surface area contributed by atoms with Gasteiger partial charge in [-0.05, 0) is 36.4 Å². The quantitative estimate of drug-likeness (QED) is 0.722. The Balaban J connectivity index is 1.85. The van der Waals surface area contributed by atoms with E-state index in [0.29, 0.717) is 0 Å². The number of rotatable bonds is 4. The summed E-state index contributed by atoms with van der Waals surface area (Å²) in [5, 5.41) is 6.69. The van der Waals surface area contributed by atoms with Gasteiger partial charge in [-0.1, -0.05) is 36.4 Å². The summed E-state index contributed by atoms with van der Waals surface area (Å²) in [7, 11) is 0. The molecule has 0 amide bonds. The predicted octanol–water partition coefficient (Wildman–Crippen LogP) is 4.57. The molecule has 3 rings (SSSR count). The molecule has 2 N–H and O–H groups in total. The number of benzene rings is 2. The van der Waals surface area contributed by atoms with Crippen LogP contribution in [-0.4, -0.2) is 4.98 Å². The maximum Gasteiger partial charge on any atom is 0.154 e. The van der Waals surface area contributed by atoms with E-state index in [4.69, 9.17) is 0 Å². The zero-order valence-corrected chi connectivity index (χ0v) is 11.0. The predicted molar refractivity (Wildman–Crippen MR) is 83.7 cm³/mol. The van der Waals surface area contributed by atoms with E-state index in [2.05, 4.69) is 15.6 Å². The molecule has 0 aliphatic rings. The van der Waals surface area contributed by atoms with Gasteiger partial charge in [0.25, 0.3) is 0 Å². The zero-order chi connectivity index (χ0) is 13.6. The van der Waals surface area contributed by atoms with Crippen molar-refractivity contribution in [3.63, 3.8) is 0 Å². The number of hydrogen-bond donors (Lipinski definition) is 2. The smallest absolute Gasteiger partial charge is 0.154 e. The molecular formula is C17H15N3. The standard InChI is InChI=1S/C17H15N3/c1-3-8-14(9-4-1)19-16-12-7-13-18-17(16)20-15-10-5-2-6-11-15/h1-13,19H,(H,18,20). The molecule has 0 bridgehead atoms. The van der Waals surface area contributed by atoms with Crippen LogP contribution in [0.4, 0.5) is 22.9 Å². The van der Waals surface area contributed by atoms with Gasteiger partial charge < -0.3 is 10.6 Å². The van der Waals surface area contributed by atoms with Crippen LogP contribution in [0.2, 0.25) is 0 Å². The molecule has 3 aromatic rings. The van der Waals surface area contributed by atoms with Gasteiger partial charge in [0.2, 0.25) is 0 Å². The Bertz CT molecular complexity index is 606. The van der Waals surface area contributed by atoms with Gasteiger partial charge in [-0.3, -0.25) is 0 Å². The molecule has 20 heavy (non-hydrogen) atoms. The van der Waals surface area contributed by atoms with Crippen molar-refractivity contribution in [1.82, 2.24) is 4.98 Å². The molecule has 0 aliphatic heterocycles. The number of anilines is 4. The summed E-state index contributed by atoms with van der Waals surface area (Å²) in [6.45, 7) is 0. The second kappa shape index (κ2) is 5.89. The topological polar surface area (TPSA) is 37.0 Å². The Kier molecular flexibility index (Phi) is 3.60. The number of hydrogen-bond acceptors (Lipinski definition) is 3. The van der Waals surface area contributed by atoms with Crippen LogP contribution in [0.15, 0.2) is 79.0 Å². The van der Waals surface area contributed by atoms with Crippen molar-refractivity contribution in [3.05, 3.63) is 79.0 Å². The number of nitrogens with one attached hydrogen (secondary N) is 2. The number of aromatic nitrogens is 1. The molecule has 0 saturated heterocycles. The SMILES string of the molecule is c1ccc(Nc2cccnc2Nc2ccccc2)cc1. The van der Waals surface area contributed by atoms with E-state index < -0.39 is 0 Å². The molecule has 1 aromatic heterocycles. The summed E-state index contributed by atoms with van der Waals surface area (Å²) >= 11 is 0. The Morgan fingerprint density at radius 2 is 1.20 bits per heavy atom. The van der Waals surface area contributed by atoms with Crippen LogP contribution in [0.3, 0.4) is 0 Å². The monoisotopic (exact) mass is 261 g/mol. The Hall–Kier alpha value is -2.81. The van der Waals surface area contributed by atoms with Crippen LogP contribution in [0.1, 0.15) is 0 Å². The lowest BCUT2D eigenvalue weighted by atomic mass is 10.3. The second-order valence-corrected chi connectivity index (χ2v) is 4.38. The Morgan fingerprint density at radius 3 is 1.85 bits per heavy atom. The van der Waals surface area contributed by atoms with Crippen molar-refractivity contribution in [3.8, 4) is 0 Å². The van der Waals surface area contributed by atoms with Gasteiger partial charge >= 0.3 is 0 Å². The van der Waals surface area contributed by atoms with Gasteiger partial charge in [-0.15, -0.1) is 0 Å². The summed E-state index contributed by atoms with van der Waals surface area (Å²) in [6, 6.07) is 24.0. The average Bonchev–Trinajstić information content (AvgIpc) is 2.51. The van der Waals surface area contributed by atoms with Crippen LogP contribution in [0.25, 0.3) is 0 Å². The van der Waals surface area contributed by atoms with E-state index in [-0.39, 0.29) is 0 Å². The largest absolute Gasteiger partial charge is 0.353 e. The van der Waals surface area contributed by atoms with E-state index in [0.717, 1.165) is 22.9 Å². The molecule has 0 saturated carbocycles. The average molecular weight is 261 g/mol. The zero-order valence-electron chi connectivity index (χ0n) is 11.0. The fourth-order valence-corrected chi connectivity index (χ4v) is 1.94. The highest BCUT2D eigenvalue weighted by molar-refractivity contribution is 5.74. The third kappa shape index (κ3) is 2.95. The number of pyridine rings is 1. The lowest BCUT2D eigenvalue weighted by Gasteiger charge is -2.12. The molecule has 0 aliphatic carbocycles. The molecule has 0 radical (unpaired) electrons. The van der Waals surface area contributed by atoms with Gasteiger partial charge in [0.05, 0.1) is 5.69 Å². The van der Waals surface area contributed by atoms with E-state index >= 15 is 0 Å². The third-order valence-electron chi connectivity index (χ3n) is 2.90. The molecule has 2 aromatic carbocycles. The minimum absolute atomic E-state index is 0.808. The highest BCUT2D eigenvalue weighted by Gasteiger charge is 2.03. The molecule has 0 spiro atoms. The molecule has 0 fully saturated rings. The van der Waals surface area contributed by atoms with Gasteiger partial charge in [-0.2, -0.15) is 0 Å².